The Kier molecular flexibility index (Phi) is 3.89. The average molecular weight is 266 g/mol. The molecule has 2 aromatic rings. The van der Waals surface area contributed by atoms with Crippen LogP contribution in [0.25, 0.3) is 11.3 Å². The molecule has 0 saturated carbocycles. The summed E-state index contributed by atoms with van der Waals surface area (Å²) in [7, 11) is 0. The van der Waals surface area contributed by atoms with Gasteiger partial charge in [-0.1, -0.05) is 12.1 Å². The SMILES string of the molecule is CCn1cc(C=O)c(-c2ccccc2OC(F)F)n1. The van der Waals surface area contributed by atoms with Crippen molar-refractivity contribution in [3.8, 4) is 17.0 Å². The van der Waals surface area contributed by atoms with E-state index >= 15 is 0 Å². The van der Waals surface area contributed by atoms with Gasteiger partial charge in [0.15, 0.2) is 6.29 Å². The fourth-order valence-electron chi connectivity index (χ4n) is 1.76. The Morgan fingerprint density at radius 1 is 1.42 bits per heavy atom. The summed E-state index contributed by atoms with van der Waals surface area (Å²) < 4.78 is 30.7. The van der Waals surface area contributed by atoms with Crippen molar-refractivity contribution in [3.63, 3.8) is 0 Å². The first-order valence-electron chi connectivity index (χ1n) is 5.72. The highest BCUT2D eigenvalue weighted by atomic mass is 19.3. The number of halogens is 2. The number of carbonyl (C=O) groups excluding carboxylic acids is 1. The van der Waals surface area contributed by atoms with Gasteiger partial charge in [-0.05, 0) is 19.1 Å². The minimum absolute atomic E-state index is 0.00181. The zero-order valence-corrected chi connectivity index (χ0v) is 10.2. The minimum Gasteiger partial charge on any atom is -0.434 e. The lowest BCUT2D eigenvalue weighted by molar-refractivity contribution is -0.0494. The second-order valence-electron chi connectivity index (χ2n) is 3.78. The fourth-order valence-corrected chi connectivity index (χ4v) is 1.76. The topological polar surface area (TPSA) is 44.1 Å². The molecule has 0 aliphatic heterocycles. The molecule has 1 aromatic carbocycles. The molecule has 0 amide bonds. The smallest absolute Gasteiger partial charge is 0.387 e. The Morgan fingerprint density at radius 2 is 2.16 bits per heavy atom. The summed E-state index contributed by atoms with van der Waals surface area (Å²) in [5.41, 5.74) is 1.05. The van der Waals surface area contributed by atoms with Crippen LogP contribution in [0.3, 0.4) is 0 Å². The summed E-state index contributed by atoms with van der Waals surface area (Å²) in [4.78, 5) is 11.0. The van der Waals surface area contributed by atoms with E-state index in [1.165, 1.54) is 6.07 Å². The van der Waals surface area contributed by atoms with Crippen LogP contribution >= 0.6 is 0 Å². The molecule has 0 unspecified atom stereocenters. The van der Waals surface area contributed by atoms with Crippen molar-refractivity contribution in [1.82, 2.24) is 9.78 Å². The van der Waals surface area contributed by atoms with Gasteiger partial charge in [0.1, 0.15) is 11.4 Å². The van der Waals surface area contributed by atoms with Crippen LogP contribution in [-0.4, -0.2) is 22.7 Å². The molecule has 0 aliphatic carbocycles. The number of rotatable bonds is 5. The van der Waals surface area contributed by atoms with Gasteiger partial charge >= 0.3 is 6.61 Å². The fraction of sp³-hybridized carbons (Fsp3) is 0.231. The van der Waals surface area contributed by atoms with E-state index in [-0.39, 0.29) is 5.75 Å². The molecule has 0 fully saturated rings. The third-order valence-corrected chi connectivity index (χ3v) is 2.60. The molecule has 1 aromatic heterocycles. The van der Waals surface area contributed by atoms with Crippen molar-refractivity contribution in [2.45, 2.75) is 20.1 Å². The zero-order chi connectivity index (χ0) is 13.8. The van der Waals surface area contributed by atoms with E-state index in [1.807, 2.05) is 6.92 Å². The normalized spacial score (nSPS) is 10.7. The Bertz CT molecular complexity index is 582. The molecular formula is C13H12F2N2O2. The van der Waals surface area contributed by atoms with Crippen molar-refractivity contribution in [1.29, 1.82) is 0 Å². The summed E-state index contributed by atoms with van der Waals surface area (Å²) in [5, 5.41) is 4.20. The van der Waals surface area contributed by atoms with E-state index in [2.05, 4.69) is 9.84 Å². The molecule has 0 radical (unpaired) electrons. The number of hydrogen-bond donors (Lipinski definition) is 0. The first-order valence-corrected chi connectivity index (χ1v) is 5.72. The highest BCUT2D eigenvalue weighted by Crippen LogP contribution is 2.31. The highest BCUT2D eigenvalue weighted by Gasteiger charge is 2.16. The standard InChI is InChI=1S/C13H12F2N2O2/c1-2-17-7-9(8-18)12(16-17)10-5-3-4-6-11(10)19-13(14)15/h3-8,13H,2H2,1H3. The Labute approximate surface area is 108 Å². The summed E-state index contributed by atoms with van der Waals surface area (Å²) in [6.45, 7) is -0.472. The van der Waals surface area contributed by atoms with Crippen LogP contribution in [0.1, 0.15) is 17.3 Å². The molecule has 19 heavy (non-hydrogen) atoms. The number of hydrogen-bond acceptors (Lipinski definition) is 3. The second kappa shape index (κ2) is 5.60. The number of aromatic nitrogens is 2. The Morgan fingerprint density at radius 3 is 2.79 bits per heavy atom. The van der Waals surface area contributed by atoms with Gasteiger partial charge in [-0.15, -0.1) is 0 Å². The quantitative estimate of drug-likeness (QED) is 0.781. The zero-order valence-electron chi connectivity index (χ0n) is 10.2. The van der Waals surface area contributed by atoms with E-state index in [1.54, 1.807) is 29.1 Å². The van der Waals surface area contributed by atoms with Crippen LogP contribution in [-0.2, 0) is 6.54 Å². The lowest BCUT2D eigenvalue weighted by atomic mass is 10.1. The third kappa shape index (κ3) is 2.78. The van der Waals surface area contributed by atoms with E-state index in [4.69, 9.17) is 0 Å². The summed E-state index contributed by atoms with van der Waals surface area (Å²) in [6.07, 6.45) is 2.22. The van der Waals surface area contributed by atoms with E-state index in [0.717, 1.165) is 0 Å². The molecular weight excluding hydrogens is 254 g/mol. The molecule has 6 heteroatoms. The maximum atomic E-state index is 12.4. The molecule has 0 saturated heterocycles. The van der Waals surface area contributed by atoms with Crippen LogP contribution in [0.5, 0.6) is 5.75 Å². The monoisotopic (exact) mass is 266 g/mol. The largest absolute Gasteiger partial charge is 0.434 e. The van der Waals surface area contributed by atoms with Crippen LogP contribution in [0.4, 0.5) is 8.78 Å². The molecule has 0 atom stereocenters. The van der Waals surface area contributed by atoms with Gasteiger partial charge in [0, 0.05) is 18.3 Å². The highest BCUT2D eigenvalue weighted by molar-refractivity contribution is 5.87. The average Bonchev–Trinajstić information content (AvgIpc) is 2.82. The maximum Gasteiger partial charge on any atom is 0.387 e. The number of nitrogens with zero attached hydrogens (tertiary/aromatic N) is 2. The Hall–Kier alpha value is -2.24. The van der Waals surface area contributed by atoms with Crippen molar-refractivity contribution in [2.75, 3.05) is 0 Å². The van der Waals surface area contributed by atoms with Gasteiger partial charge < -0.3 is 4.74 Å². The number of alkyl halides is 2. The van der Waals surface area contributed by atoms with Crippen molar-refractivity contribution < 1.29 is 18.3 Å². The van der Waals surface area contributed by atoms with E-state index < -0.39 is 6.61 Å². The molecule has 0 N–H and O–H groups in total. The molecule has 100 valence electrons. The van der Waals surface area contributed by atoms with Crippen molar-refractivity contribution >= 4 is 6.29 Å². The predicted molar refractivity (Wildman–Crippen MR) is 65.4 cm³/mol. The van der Waals surface area contributed by atoms with Crippen LogP contribution in [0.15, 0.2) is 30.5 Å². The first-order chi connectivity index (χ1) is 9.15. The molecule has 0 bridgehead atoms. The predicted octanol–water partition coefficient (Wildman–Crippen LogP) is 2.98. The summed E-state index contributed by atoms with van der Waals surface area (Å²) in [5.74, 6) is 0.00181. The van der Waals surface area contributed by atoms with Crippen molar-refractivity contribution in [3.05, 3.63) is 36.0 Å². The van der Waals surface area contributed by atoms with Gasteiger partial charge in [-0.2, -0.15) is 13.9 Å². The molecule has 4 nitrogen and oxygen atoms in total. The second-order valence-corrected chi connectivity index (χ2v) is 3.78. The number of benzene rings is 1. The molecule has 1 heterocycles. The summed E-state index contributed by atoms with van der Waals surface area (Å²) in [6, 6.07) is 6.26. The number of aryl methyl sites for hydroxylation is 1. The van der Waals surface area contributed by atoms with Gasteiger partial charge in [-0.25, -0.2) is 0 Å². The lowest BCUT2D eigenvalue weighted by Gasteiger charge is -2.09. The van der Waals surface area contributed by atoms with Gasteiger partial charge in [0.25, 0.3) is 0 Å². The van der Waals surface area contributed by atoms with Gasteiger partial charge in [0.2, 0.25) is 0 Å². The van der Waals surface area contributed by atoms with Crippen LogP contribution in [0, 0.1) is 0 Å². The number of para-hydroxylation sites is 1. The molecule has 2 rings (SSSR count). The number of aldehydes is 1. The number of ether oxygens (including phenoxy) is 1. The van der Waals surface area contributed by atoms with E-state index in [9.17, 15) is 13.6 Å². The number of carbonyl (C=O) groups is 1. The van der Waals surface area contributed by atoms with Gasteiger partial charge in [0.05, 0.1) is 5.56 Å². The van der Waals surface area contributed by atoms with E-state index in [0.29, 0.717) is 29.7 Å². The third-order valence-electron chi connectivity index (χ3n) is 2.60. The summed E-state index contributed by atoms with van der Waals surface area (Å²) >= 11 is 0. The van der Waals surface area contributed by atoms with Crippen LogP contribution in [0.2, 0.25) is 0 Å². The first kappa shape index (κ1) is 13.2. The maximum absolute atomic E-state index is 12.4. The molecule has 0 aliphatic rings. The van der Waals surface area contributed by atoms with Gasteiger partial charge in [-0.3, -0.25) is 9.48 Å². The molecule has 0 spiro atoms. The lowest BCUT2D eigenvalue weighted by Crippen LogP contribution is -2.03. The Balaban J connectivity index is 2.51. The van der Waals surface area contributed by atoms with Crippen LogP contribution < -0.4 is 4.74 Å². The van der Waals surface area contributed by atoms with Crippen molar-refractivity contribution in [2.24, 2.45) is 0 Å². The minimum atomic E-state index is -2.92.